The largest absolute Gasteiger partial charge is 0.496 e. The quantitative estimate of drug-likeness (QED) is 0.816. The maximum Gasteiger partial charge on any atom is 0.122 e. The molecule has 1 aromatic carbocycles. The molecule has 82 valence electrons. The number of aryl methyl sites for hydroxylation is 1. The minimum absolute atomic E-state index is 0.624. The molecule has 2 nitrogen and oxygen atoms in total. The summed E-state index contributed by atoms with van der Waals surface area (Å²) in [5, 5.41) is 3.52. The highest BCUT2D eigenvalue weighted by Gasteiger charge is 2.20. The van der Waals surface area contributed by atoms with Crippen molar-refractivity contribution < 1.29 is 4.74 Å². The van der Waals surface area contributed by atoms with Gasteiger partial charge in [0, 0.05) is 6.04 Å². The van der Waals surface area contributed by atoms with E-state index in [9.17, 15) is 0 Å². The van der Waals surface area contributed by atoms with Crippen molar-refractivity contribution in [1.29, 1.82) is 0 Å². The number of benzene rings is 1. The third kappa shape index (κ3) is 2.15. The molecule has 0 spiro atoms. The van der Waals surface area contributed by atoms with Crippen molar-refractivity contribution in [3.8, 4) is 5.75 Å². The first-order valence-electron chi connectivity index (χ1n) is 5.73. The molecule has 0 saturated heterocycles. The van der Waals surface area contributed by atoms with Gasteiger partial charge in [0.05, 0.1) is 7.11 Å². The van der Waals surface area contributed by atoms with E-state index in [1.165, 1.54) is 24.0 Å². The van der Waals surface area contributed by atoms with Crippen molar-refractivity contribution in [2.75, 3.05) is 13.7 Å². The van der Waals surface area contributed by atoms with E-state index in [-0.39, 0.29) is 0 Å². The fraction of sp³-hybridized carbons (Fsp3) is 0.538. The molecule has 1 aromatic rings. The molecule has 0 fully saturated rings. The van der Waals surface area contributed by atoms with Gasteiger partial charge in [-0.3, -0.25) is 0 Å². The summed E-state index contributed by atoms with van der Waals surface area (Å²) in [7, 11) is 1.76. The zero-order valence-corrected chi connectivity index (χ0v) is 9.55. The Morgan fingerprint density at radius 1 is 1.47 bits per heavy atom. The summed E-state index contributed by atoms with van der Waals surface area (Å²) in [5.74, 6) is 1.05. The normalized spacial score (nSPS) is 19.7. The van der Waals surface area contributed by atoms with Crippen LogP contribution in [0.5, 0.6) is 5.75 Å². The maximum atomic E-state index is 5.41. The molecule has 0 aromatic heterocycles. The Hall–Kier alpha value is -1.02. The lowest BCUT2D eigenvalue weighted by Crippen LogP contribution is -2.34. The average molecular weight is 205 g/mol. The Labute approximate surface area is 91.6 Å². The van der Waals surface area contributed by atoms with Crippen molar-refractivity contribution in [1.82, 2.24) is 5.32 Å². The van der Waals surface area contributed by atoms with Gasteiger partial charge in [-0.2, -0.15) is 0 Å². The zero-order valence-electron chi connectivity index (χ0n) is 9.55. The van der Waals surface area contributed by atoms with Gasteiger partial charge in [-0.25, -0.2) is 0 Å². The third-order valence-corrected chi connectivity index (χ3v) is 3.16. The molecule has 2 rings (SSSR count). The molecular formula is C13H19NO. The Balaban J connectivity index is 2.22. The number of ether oxygens (including phenoxy) is 1. The van der Waals surface area contributed by atoms with Gasteiger partial charge >= 0.3 is 0 Å². The van der Waals surface area contributed by atoms with Crippen LogP contribution in [0.1, 0.15) is 24.5 Å². The van der Waals surface area contributed by atoms with E-state index in [1.54, 1.807) is 7.11 Å². The van der Waals surface area contributed by atoms with Crippen molar-refractivity contribution in [2.24, 2.45) is 0 Å². The van der Waals surface area contributed by atoms with Crippen LogP contribution >= 0.6 is 0 Å². The first-order chi connectivity index (χ1) is 7.35. The van der Waals surface area contributed by atoms with Crippen LogP contribution in [0.2, 0.25) is 0 Å². The van der Waals surface area contributed by atoms with E-state index in [0.717, 1.165) is 18.7 Å². The number of rotatable bonds is 3. The first-order valence-corrected chi connectivity index (χ1v) is 5.73. The van der Waals surface area contributed by atoms with E-state index >= 15 is 0 Å². The number of hydrogen-bond acceptors (Lipinski definition) is 2. The minimum Gasteiger partial charge on any atom is -0.496 e. The second-order valence-electron chi connectivity index (χ2n) is 4.10. The molecule has 0 radical (unpaired) electrons. The molecule has 2 heteroatoms. The van der Waals surface area contributed by atoms with E-state index < -0.39 is 0 Å². The molecule has 1 aliphatic rings. The molecule has 0 amide bonds. The van der Waals surface area contributed by atoms with E-state index in [4.69, 9.17) is 4.74 Å². The van der Waals surface area contributed by atoms with Crippen LogP contribution in [-0.4, -0.2) is 19.7 Å². The molecular weight excluding hydrogens is 186 g/mol. The van der Waals surface area contributed by atoms with Gasteiger partial charge in [0.1, 0.15) is 5.75 Å². The second-order valence-corrected chi connectivity index (χ2v) is 4.10. The highest BCUT2D eigenvalue weighted by molar-refractivity contribution is 5.42. The number of nitrogens with one attached hydrogen (secondary N) is 1. The molecule has 0 aliphatic heterocycles. The topological polar surface area (TPSA) is 21.3 Å². The minimum atomic E-state index is 0.624. The SMILES string of the molecule is CCNC1CCc2cccc(OC)c2C1. The fourth-order valence-corrected chi connectivity index (χ4v) is 2.41. The molecule has 1 unspecified atom stereocenters. The van der Waals surface area contributed by atoms with Gasteiger partial charge in [0.15, 0.2) is 0 Å². The lowest BCUT2D eigenvalue weighted by Gasteiger charge is -2.26. The van der Waals surface area contributed by atoms with Crippen LogP contribution in [0.25, 0.3) is 0 Å². The summed E-state index contributed by atoms with van der Waals surface area (Å²) in [6.07, 6.45) is 3.52. The Kier molecular flexibility index (Phi) is 3.27. The number of likely N-dealkylation sites (N-methyl/N-ethyl adjacent to an activating group) is 1. The monoisotopic (exact) mass is 205 g/mol. The van der Waals surface area contributed by atoms with Crippen LogP contribution in [0.15, 0.2) is 18.2 Å². The van der Waals surface area contributed by atoms with Gasteiger partial charge in [-0.05, 0) is 43.0 Å². The number of fused-ring (bicyclic) bond motifs is 1. The van der Waals surface area contributed by atoms with Crippen LogP contribution < -0.4 is 10.1 Å². The Morgan fingerprint density at radius 3 is 3.07 bits per heavy atom. The van der Waals surface area contributed by atoms with Crippen LogP contribution in [0.4, 0.5) is 0 Å². The fourth-order valence-electron chi connectivity index (χ4n) is 2.41. The Morgan fingerprint density at radius 2 is 2.33 bits per heavy atom. The van der Waals surface area contributed by atoms with Crippen molar-refractivity contribution >= 4 is 0 Å². The zero-order chi connectivity index (χ0) is 10.7. The first kappa shape index (κ1) is 10.5. The van der Waals surface area contributed by atoms with Gasteiger partial charge in [0.25, 0.3) is 0 Å². The lowest BCUT2D eigenvalue weighted by molar-refractivity contribution is 0.395. The summed E-state index contributed by atoms with van der Waals surface area (Å²) < 4.78 is 5.41. The van der Waals surface area contributed by atoms with Gasteiger partial charge in [-0.15, -0.1) is 0 Å². The highest BCUT2D eigenvalue weighted by atomic mass is 16.5. The van der Waals surface area contributed by atoms with E-state index in [1.807, 2.05) is 0 Å². The maximum absolute atomic E-state index is 5.41. The van der Waals surface area contributed by atoms with E-state index in [0.29, 0.717) is 6.04 Å². The molecule has 0 saturated carbocycles. The second kappa shape index (κ2) is 4.67. The summed E-state index contributed by atoms with van der Waals surface area (Å²) in [5.41, 5.74) is 2.86. The summed E-state index contributed by atoms with van der Waals surface area (Å²) in [6, 6.07) is 7.00. The van der Waals surface area contributed by atoms with Gasteiger partial charge < -0.3 is 10.1 Å². The summed E-state index contributed by atoms with van der Waals surface area (Å²) in [6.45, 7) is 3.22. The molecule has 1 atom stereocenters. The van der Waals surface area contributed by atoms with Crippen LogP contribution in [0, 0.1) is 0 Å². The van der Waals surface area contributed by atoms with Crippen LogP contribution in [0.3, 0.4) is 0 Å². The number of hydrogen-bond donors (Lipinski definition) is 1. The number of methoxy groups -OCH3 is 1. The van der Waals surface area contributed by atoms with Crippen LogP contribution in [-0.2, 0) is 12.8 Å². The standard InChI is InChI=1S/C13H19NO/c1-3-14-11-8-7-10-5-4-6-13(15-2)12(10)9-11/h4-6,11,14H,3,7-9H2,1-2H3. The molecule has 0 heterocycles. The van der Waals surface area contributed by atoms with Crippen molar-refractivity contribution in [3.05, 3.63) is 29.3 Å². The predicted octanol–water partition coefficient (Wildman–Crippen LogP) is 2.16. The molecule has 1 N–H and O–H groups in total. The smallest absolute Gasteiger partial charge is 0.122 e. The van der Waals surface area contributed by atoms with Gasteiger partial charge in [-0.1, -0.05) is 19.1 Å². The summed E-state index contributed by atoms with van der Waals surface area (Å²) >= 11 is 0. The van der Waals surface area contributed by atoms with E-state index in [2.05, 4.69) is 30.4 Å². The average Bonchev–Trinajstić information content (AvgIpc) is 2.28. The lowest BCUT2D eigenvalue weighted by atomic mass is 9.87. The van der Waals surface area contributed by atoms with Crippen molar-refractivity contribution in [3.63, 3.8) is 0 Å². The molecule has 0 bridgehead atoms. The Bertz CT molecular complexity index is 321. The highest BCUT2D eigenvalue weighted by Crippen LogP contribution is 2.29. The third-order valence-electron chi connectivity index (χ3n) is 3.16. The summed E-state index contributed by atoms with van der Waals surface area (Å²) in [4.78, 5) is 0. The molecule has 1 aliphatic carbocycles. The predicted molar refractivity (Wildman–Crippen MR) is 62.5 cm³/mol. The van der Waals surface area contributed by atoms with Gasteiger partial charge in [0.2, 0.25) is 0 Å². The molecule has 15 heavy (non-hydrogen) atoms. The van der Waals surface area contributed by atoms with Crippen molar-refractivity contribution in [2.45, 2.75) is 32.2 Å².